The fourth-order valence-corrected chi connectivity index (χ4v) is 2.63. The summed E-state index contributed by atoms with van der Waals surface area (Å²) in [5.74, 6) is 0.896. The van der Waals surface area contributed by atoms with Crippen LogP contribution in [0.1, 0.15) is 12.5 Å². The number of rotatable bonds is 5. The molecule has 0 amide bonds. The van der Waals surface area contributed by atoms with Gasteiger partial charge in [-0.05, 0) is 26.6 Å². The zero-order chi connectivity index (χ0) is 15.8. The molecule has 5 nitrogen and oxygen atoms in total. The van der Waals surface area contributed by atoms with Crippen molar-refractivity contribution in [3.05, 3.63) is 35.9 Å². The van der Waals surface area contributed by atoms with Crippen molar-refractivity contribution in [2.45, 2.75) is 19.5 Å². The van der Waals surface area contributed by atoms with E-state index in [0.29, 0.717) is 12.6 Å². The summed E-state index contributed by atoms with van der Waals surface area (Å²) in [5.41, 5.74) is 1.23. The number of nitrogens with zero attached hydrogens (tertiary/aromatic N) is 3. The Balaban J connectivity index is 1.88. The molecule has 0 aliphatic carbocycles. The van der Waals surface area contributed by atoms with Crippen molar-refractivity contribution >= 4 is 5.96 Å². The van der Waals surface area contributed by atoms with Crippen LogP contribution in [0.4, 0.5) is 0 Å². The normalized spacial score (nSPS) is 20.9. The number of benzene rings is 1. The highest BCUT2D eigenvalue weighted by atomic mass is 15.3. The zero-order valence-corrected chi connectivity index (χ0v) is 14.0. The van der Waals surface area contributed by atoms with E-state index in [0.717, 1.165) is 38.7 Å². The molecule has 1 aromatic carbocycles. The lowest BCUT2D eigenvalue weighted by atomic mass is 10.2. The standard InChI is InChI=1S/C17H29N5/c1-4-18-17(19-12-15-8-6-5-7-9-15)20-13-16-14-21(2)10-11-22(16)3/h5-9,16H,4,10-14H2,1-3H3,(H2,18,19,20). The van der Waals surface area contributed by atoms with Crippen LogP contribution in [0.25, 0.3) is 0 Å². The molecular weight excluding hydrogens is 274 g/mol. The summed E-state index contributed by atoms with van der Waals surface area (Å²) in [5, 5.41) is 6.81. The van der Waals surface area contributed by atoms with Gasteiger partial charge in [0.2, 0.25) is 0 Å². The van der Waals surface area contributed by atoms with Crippen LogP contribution in [0.15, 0.2) is 35.3 Å². The van der Waals surface area contributed by atoms with Crippen LogP contribution in [0.3, 0.4) is 0 Å². The fourth-order valence-electron chi connectivity index (χ4n) is 2.63. The lowest BCUT2D eigenvalue weighted by Crippen LogP contribution is -2.55. The number of guanidine groups is 1. The molecule has 5 heteroatoms. The number of hydrogen-bond donors (Lipinski definition) is 2. The molecule has 1 unspecified atom stereocenters. The minimum absolute atomic E-state index is 0.527. The largest absolute Gasteiger partial charge is 0.357 e. The topological polar surface area (TPSA) is 42.9 Å². The molecule has 0 spiro atoms. The Morgan fingerprint density at radius 3 is 2.68 bits per heavy atom. The highest BCUT2D eigenvalue weighted by Crippen LogP contribution is 2.05. The van der Waals surface area contributed by atoms with E-state index < -0.39 is 0 Å². The Bertz CT molecular complexity index is 459. The van der Waals surface area contributed by atoms with Crippen molar-refractivity contribution in [3.63, 3.8) is 0 Å². The summed E-state index contributed by atoms with van der Waals surface area (Å²) in [6.45, 7) is 7.97. The summed E-state index contributed by atoms with van der Waals surface area (Å²) < 4.78 is 0. The van der Waals surface area contributed by atoms with Crippen molar-refractivity contribution in [2.75, 3.05) is 46.8 Å². The Morgan fingerprint density at radius 1 is 1.18 bits per heavy atom. The lowest BCUT2D eigenvalue weighted by molar-refractivity contribution is 0.116. The van der Waals surface area contributed by atoms with Gasteiger partial charge in [-0.1, -0.05) is 30.3 Å². The van der Waals surface area contributed by atoms with Gasteiger partial charge in [0, 0.05) is 38.8 Å². The van der Waals surface area contributed by atoms with Gasteiger partial charge in [-0.2, -0.15) is 0 Å². The lowest BCUT2D eigenvalue weighted by Gasteiger charge is -2.37. The van der Waals surface area contributed by atoms with E-state index >= 15 is 0 Å². The molecule has 1 aromatic rings. The van der Waals surface area contributed by atoms with Gasteiger partial charge in [-0.15, -0.1) is 0 Å². The van der Waals surface area contributed by atoms with Gasteiger partial charge in [-0.25, -0.2) is 4.99 Å². The van der Waals surface area contributed by atoms with Gasteiger partial charge in [0.15, 0.2) is 5.96 Å². The van der Waals surface area contributed by atoms with Crippen LogP contribution in [0.2, 0.25) is 0 Å². The second kappa shape index (κ2) is 8.76. The van der Waals surface area contributed by atoms with Gasteiger partial charge >= 0.3 is 0 Å². The second-order valence-electron chi connectivity index (χ2n) is 5.96. The molecule has 1 fully saturated rings. The van der Waals surface area contributed by atoms with Crippen LogP contribution in [-0.2, 0) is 6.54 Å². The quantitative estimate of drug-likeness (QED) is 0.629. The minimum atomic E-state index is 0.527. The Labute approximate surface area is 134 Å². The summed E-state index contributed by atoms with van der Waals surface area (Å²) in [7, 11) is 4.39. The first-order valence-corrected chi connectivity index (χ1v) is 8.14. The van der Waals surface area contributed by atoms with Gasteiger partial charge in [0.05, 0.1) is 6.54 Å². The Kier molecular flexibility index (Phi) is 6.68. The van der Waals surface area contributed by atoms with E-state index in [4.69, 9.17) is 0 Å². The van der Waals surface area contributed by atoms with Crippen LogP contribution in [0, 0.1) is 0 Å². The maximum absolute atomic E-state index is 4.67. The SMILES string of the molecule is CCNC(=NCc1ccccc1)NCC1CN(C)CCN1C. The highest BCUT2D eigenvalue weighted by molar-refractivity contribution is 5.79. The third-order valence-electron chi connectivity index (χ3n) is 4.09. The van der Waals surface area contributed by atoms with Crippen molar-refractivity contribution in [3.8, 4) is 0 Å². The third-order valence-corrected chi connectivity index (χ3v) is 4.09. The minimum Gasteiger partial charge on any atom is -0.357 e. The second-order valence-corrected chi connectivity index (χ2v) is 5.96. The summed E-state index contributed by atoms with van der Waals surface area (Å²) >= 11 is 0. The van der Waals surface area contributed by atoms with Crippen LogP contribution < -0.4 is 10.6 Å². The summed E-state index contributed by atoms with van der Waals surface area (Å²) in [4.78, 5) is 9.49. The molecule has 122 valence electrons. The maximum Gasteiger partial charge on any atom is 0.191 e. The van der Waals surface area contributed by atoms with Crippen molar-refractivity contribution in [1.82, 2.24) is 20.4 Å². The molecule has 0 saturated carbocycles. The third kappa shape index (κ3) is 5.31. The predicted octanol–water partition coefficient (Wildman–Crippen LogP) is 0.988. The molecule has 1 heterocycles. The highest BCUT2D eigenvalue weighted by Gasteiger charge is 2.21. The predicted molar refractivity (Wildman–Crippen MR) is 93.2 cm³/mol. The summed E-state index contributed by atoms with van der Waals surface area (Å²) in [6.07, 6.45) is 0. The van der Waals surface area contributed by atoms with E-state index in [1.54, 1.807) is 0 Å². The van der Waals surface area contributed by atoms with E-state index in [1.807, 2.05) is 6.07 Å². The molecule has 0 aromatic heterocycles. The van der Waals surface area contributed by atoms with E-state index in [9.17, 15) is 0 Å². The monoisotopic (exact) mass is 303 g/mol. The molecule has 2 rings (SSSR count). The van der Waals surface area contributed by atoms with E-state index in [2.05, 4.69) is 70.7 Å². The molecule has 0 radical (unpaired) electrons. The smallest absolute Gasteiger partial charge is 0.191 e. The van der Waals surface area contributed by atoms with Crippen molar-refractivity contribution in [1.29, 1.82) is 0 Å². The average molecular weight is 303 g/mol. The molecular formula is C17H29N5. The molecule has 22 heavy (non-hydrogen) atoms. The maximum atomic E-state index is 4.67. The van der Waals surface area contributed by atoms with Gasteiger partial charge in [0.1, 0.15) is 0 Å². The van der Waals surface area contributed by atoms with Crippen molar-refractivity contribution in [2.24, 2.45) is 4.99 Å². The van der Waals surface area contributed by atoms with Gasteiger partial charge in [-0.3, -0.25) is 4.90 Å². The van der Waals surface area contributed by atoms with Crippen LogP contribution >= 0.6 is 0 Å². The zero-order valence-electron chi connectivity index (χ0n) is 14.0. The van der Waals surface area contributed by atoms with Crippen LogP contribution in [-0.4, -0.2) is 68.6 Å². The molecule has 1 saturated heterocycles. The molecule has 1 aliphatic heterocycles. The Morgan fingerprint density at radius 2 is 1.95 bits per heavy atom. The van der Waals surface area contributed by atoms with Gasteiger partial charge < -0.3 is 15.5 Å². The first-order chi connectivity index (χ1) is 10.7. The first kappa shape index (κ1) is 16.8. The number of nitrogens with one attached hydrogen (secondary N) is 2. The fraction of sp³-hybridized carbons (Fsp3) is 0.588. The molecule has 1 aliphatic rings. The number of hydrogen-bond acceptors (Lipinski definition) is 3. The molecule has 2 N–H and O–H groups in total. The van der Waals surface area contributed by atoms with Crippen molar-refractivity contribution < 1.29 is 0 Å². The van der Waals surface area contributed by atoms with Gasteiger partial charge in [0.25, 0.3) is 0 Å². The number of aliphatic imine (C=N–C) groups is 1. The van der Waals surface area contributed by atoms with E-state index in [-0.39, 0.29) is 0 Å². The number of likely N-dealkylation sites (N-methyl/N-ethyl adjacent to an activating group) is 2. The van der Waals surface area contributed by atoms with E-state index in [1.165, 1.54) is 5.56 Å². The van der Waals surface area contributed by atoms with Crippen LogP contribution in [0.5, 0.6) is 0 Å². The number of piperazine rings is 1. The summed E-state index contributed by atoms with van der Waals surface area (Å²) in [6, 6.07) is 10.9. The molecule has 0 bridgehead atoms. The Hall–Kier alpha value is -1.59. The average Bonchev–Trinajstić information content (AvgIpc) is 2.54. The first-order valence-electron chi connectivity index (χ1n) is 8.14. The molecule has 1 atom stereocenters.